The van der Waals surface area contributed by atoms with E-state index in [0.717, 1.165) is 16.8 Å². The van der Waals surface area contributed by atoms with E-state index in [1.807, 2.05) is 26.2 Å². The van der Waals surface area contributed by atoms with Crippen LogP contribution in [0, 0.1) is 6.92 Å². The van der Waals surface area contributed by atoms with Gasteiger partial charge in [-0.1, -0.05) is 12.1 Å². The van der Waals surface area contributed by atoms with Gasteiger partial charge < -0.3 is 15.5 Å². The van der Waals surface area contributed by atoms with Crippen molar-refractivity contribution in [3.8, 4) is 11.1 Å². The van der Waals surface area contributed by atoms with Crippen LogP contribution < -0.4 is 5.32 Å². The van der Waals surface area contributed by atoms with Gasteiger partial charge in [-0.25, -0.2) is 0 Å². The number of aliphatic hydroxyl groups excluding tert-OH is 2. The number of aryl methyl sites for hydroxylation is 2. The fourth-order valence-corrected chi connectivity index (χ4v) is 2.09. The quantitative estimate of drug-likeness (QED) is 0.747. The predicted octanol–water partition coefficient (Wildman–Crippen LogP) is 0.479. The standard InChI is InChI=1S/C15H19N3O3/c1-10-14(8-18(2)17-10)11-4-3-5-12(6-11)15(21)16-7-13(20)9-19/h3-6,8,13,19-20H,7,9H2,1-2H3,(H,16,21)/t13-/m1/s1. The normalized spacial score (nSPS) is 12.2. The van der Waals surface area contributed by atoms with E-state index in [2.05, 4.69) is 10.4 Å². The number of rotatable bonds is 5. The third-order valence-corrected chi connectivity index (χ3v) is 3.16. The molecule has 1 heterocycles. The first-order valence-corrected chi connectivity index (χ1v) is 6.69. The van der Waals surface area contributed by atoms with Crippen molar-refractivity contribution in [2.45, 2.75) is 13.0 Å². The number of carbonyl (C=O) groups excluding carboxylic acids is 1. The van der Waals surface area contributed by atoms with Crippen LogP contribution in [0.1, 0.15) is 16.1 Å². The lowest BCUT2D eigenvalue weighted by atomic mass is 10.0. The maximum atomic E-state index is 12.0. The first kappa shape index (κ1) is 15.2. The van der Waals surface area contributed by atoms with Crippen LogP contribution in [0.2, 0.25) is 0 Å². The number of nitrogens with zero attached hydrogens (tertiary/aromatic N) is 2. The zero-order chi connectivity index (χ0) is 15.4. The molecule has 0 spiro atoms. The van der Waals surface area contributed by atoms with E-state index < -0.39 is 6.10 Å². The summed E-state index contributed by atoms with van der Waals surface area (Å²) in [5.41, 5.74) is 3.28. The van der Waals surface area contributed by atoms with Crippen LogP contribution in [0.4, 0.5) is 0 Å². The van der Waals surface area contributed by atoms with E-state index in [-0.39, 0.29) is 19.1 Å². The molecule has 0 aliphatic heterocycles. The Labute approximate surface area is 123 Å². The molecule has 1 aromatic carbocycles. The van der Waals surface area contributed by atoms with Crippen LogP contribution in [0.25, 0.3) is 11.1 Å². The zero-order valence-corrected chi connectivity index (χ0v) is 12.1. The summed E-state index contributed by atoms with van der Waals surface area (Å²) in [4.78, 5) is 12.0. The monoisotopic (exact) mass is 289 g/mol. The fourth-order valence-electron chi connectivity index (χ4n) is 2.09. The highest BCUT2D eigenvalue weighted by Gasteiger charge is 2.11. The van der Waals surface area contributed by atoms with E-state index in [1.165, 1.54) is 0 Å². The number of hydrogen-bond donors (Lipinski definition) is 3. The third kappa shape index (κ3) is 3.68. The molecule has 2 aromatic rings. The molecule has 2 rings (SSSR count). The molecule has 0 fully saturated rings. The van der Waals surface area contributed by atoms with Gasteiger partial charge in [-0.2, -0.15) is 5.10 Å². The van der Waals surface area contributed by atoms with Crippen molar-refractivity contribution < 1.29 is 15.0 Å². The molecule has 112 valence electrons. The lowest BCUT2D eigenvalue weighted by Gasteiger charge is -2.09. The fraction of sp³-hybridized carbons (Fsp3) is 0.333. The van der Waals surface area contributed by atoms with Crippen molar-refractivity contribution in [2.75, 3.05) is 13.2 Å². The Bertz CT molecular complexity index is 637. The SMILES string of the molecule is Cc1nn(C)cc1-c1cccc(C(=O)NC[C@@H](O)CO)c1. The highest BCUT2D eigenvalue weighted by molar-refractivity contribution is 5.95. The maximum Gasteiger partial charge on any atom is 0.251 e. The van der Waals surface area contributed by atoms with Gasteiger partial charge in [-0.3, -0.25) is 9.48 Å². The molecule has 6 nitrogen and oxygen atoms in total. The Morgan fingerprint density at radius 3 is 2.86 bits per heavy atom. The summed E-state index contributed by atoms with van der Waals surface area (Å²) in [6, 6.07) is 7.21. The van der Waals surface area contributed by atoms with E-state index in [0.29, 0.717) is 5.56 Å². The van der Waals surface area contributed by atoms with Crippen molar-refractivity contribution in [3.05, 3.63) is 41.7 Å². The summed E-state index contributed by atoms with van der Waals surface area (Å²) in [5.74, 6) is -0.286. The maximum absolute atomic E-state index is 12.0. The average molecular weight is 289 g/mol. The van der Waals surface area contributed by atoms with Gasteiger partial charge >= 0.3 is 0 Å². The van der Waals surface area contributed by atoms with Crippen molar-refractivity contribution >= 4 is 5.91 Å². The molecule has 1 amide bonds. The van der Waals surface area contributed by atoms with Crippen LogP contribution in [0.5, 0.6) is 0 Å². The topological polar surface area (TPSA) is 87.4 Å². The number of benzene rings is 1. The molecule has 1 aromatic heterocycles. The average Bonchev–Trinajstić information content (AvgIpc) is 2.83. The second kappa shape index (κ2) is 6.51. The van der Waals surface area contributed by atoms with Gasteiger partial charge in [0.05, 0.1) is 18.4 Å². The summed E-state index contributed by atoms with van der Waals surface area (Å²) in [6.07, 6.45) is 0.958. The minimum Gasteiger partial charge on any atom is -0.394 e. The minimum absolute atomic E-state index is 0.0193. The zero-order valence-electron chi connectivity index (χ0n) is 12.1. The van der Waals surface area contributed by atoms with E-state index in [9.17, 15) is 9.90 Å². The van der Waals surface area contributed by atoms with Gasteiger partial charge in [0.25, 0.3) is 5.91 Å². The molecule has 0 saturated carbocycles. The molecular formula is C15H19N3O3. The summed E-state index contributed by atoms with van der Waals surface area (Å²) in [6.45, 7) is 1.56. The number of aliphatic hydroxyl groups is 2. The molecule has 0 aliphatic rings. The summed E-state index contributed by atoms with van der Waals surface area (Å²) >= 11 is 0. The Morgan fingerprint density at radius 1 is 1.48 bits per heavy atom. The number of amides is 1. The highest BCUT2D eigenvalue weighted by Crippen LogP contribution is 2.23. The van der Waals surface area contributed by atoms with Crippen molar-refractivity contribution in [1.29, 1.82) is 0 Å². The van der Waals surface area contributed by atoms with Gasteiger partial charge in [0.2, 0.25) is 0 Å². The first-order valence-electron chi connectivity index (χ1n) is 6.69. The predicted molar refractivity (Wildman–Crippen MR) is 78.8 cm³/mol. The molecule has 0 saturated heterocycles. The van der Waals surface area contributed by atoms with Crippen LogP contribution >= 0.6 is 0 Å². The largest absolute Gasteiger partial charge is 0.394 e. The van der Waals surface area contributed by atoms with Gasteiger partial charge in [0.15, 0.2) is 0 Å². The molecule has 6 heteroatoms. The van der Waals surface area contributed by atoms with Crippen LogP contribution in [-0.2, 0) is 7.05 Å². The number of hydrogen-bond acceptors (Lipinski definition) is 4. The Hall–Kier alpha value is -2.18. The lowest BCUT2D eigenvalue weighted by Crippen LogP contribution is -2.33. The van der Waals surface area contributed by atoms with E-state index >= 15 is 0 Å². The van der Waals surface area contributed by atoms with Gasteiger partial charge in [-0.15, -0.1) is 0 Å². The summed E-state index contributed by atoms with van der Waals surface area (Å²) in [5, 5.41) is 24.8. The molecule has 0 aliphatic carbocycles. The molecular weight excluding hydrogens is 270 g/mol. The summed E-state index contributed by atoms with van der Waals surface area (Å²) in [7, 11) is 1.85. The van der Waals surface area contributed by atoms with Crippen LogP contribution in [0.15, 0.2) is 30.5 Å². The van der Waals surface area contributed by atoms with Gasteiger partial charge in [-0.05, 0) is 24.6 Å². The van der Waals surface area contributed by atoms with Crippen molar-refractivity contribution in [3.63, 3.8) is 0 Å². The molecule has 21 heavy (non-hydrogen) atoms. The van der Waals surface area contributed by atoms with Gasteiger partial charge in [0, 0.05) is 30.9 Å². The Morgan fingerprint density at radius 2 is 2.24 bits per heavy atom. The summed E-state index contributed by atoms with van der Waals surface area (Å²) < 4.78 is 1.73. The molecule has 0 bridgehead atoms. The molecule has 0 radical (unpaired) electrons. The highest BCUT2D eigenvalue weighted by atomic mass is 16.3. The van der Waals surface area contributed by atoms with Crippen molar-refractivity contribution in [2.24, 2.45) is 7.05 Å². The lowest BCUT2D eigenvalue weighted by molar-refractivity contribution is 0.0802. The van der Waals surface area contributed by atoms with Gasteiger partial charge in [0.1, 0.15) is 0 Å². The number of nitrogens with one attached hydrogen (secondary N) is 1. The van der Waals surface area contributed by atoms with Crippen LogP contribution in [-0.4, -0.2) is 45.2 Å². The number of carbonyl (C=O) groups is 1. The molecule has 1 atom stereocenters. The Balaban J connectivity index is 2.18. The van der Waals surface area contributed by atoms with Crippen LogP contribution in [0.3, 0.4) is 0 Å². The minimum atomic E-state index is -0.947. The van der Waals surface area contributed by atoms with E-state index in [4.69, 9.17) is 5.11 Å². The third-order valence-electron chi connectivity index (χ3n) is 3.16. The Kier molecular flexibility index (Phi) is 4.72. The molecule has 0 unspecified atom stereocenters. The van der Waals surface area contributed by atoms with Crippen molar-refractivity contribution in [1.82, 2.24) is 15.1 Å². The number of aromatic nitrogens is 2. The smallest absolute Gasteiger partial charge is 0.251 e. The second-order valence-corrected chi connectivity index (χ2v) is 4.93. The van der Waals surface area contributed by atoms with E-state index in [1.54, 1.807) is 22.9 Å². The first-order chi connectivity index (χ1) is 10.0. The second-order valence-electron chi connectivity index (χ2n) is 4.93. The molecule has 3 N–H and O–H groups in total.